The van der Waals surface area contributed by atoms with Crippen LogP contribution < -0.4 is 10.2 Å². The fourth-order valence-corrected chi connectivity index (χ4v) is 4.26. The first-order valence-electron chi connectivity index (χ1n) is 9.36. The third kappa shape index (κ3) is 4.85. The van der Waals surface area contributed by atoms with Crippen LogP contribution in [0.15, 0.2) is 53.4 Å². The molecule has 158 valence electrons. The molecular weight excluding hydrogens is 408 g/mol. The average Bonchev–Trinajstić information content (AvgIpc) is 2.71. The first-order chi connectivity index (χ1) is 14.2. The number of fused-ring (bicyclic) bond motifs is 1. The number of nitrogens with one attached hydrogen (secondary N) is 1. The summed E-state index contributed by atoms with van der Waals surface area (Å²) in [5, 5.41) is 2.67. The van der Waals surface area contributed by atoms with Gasteiger partial charge in [-0.05, 0) is 38.1 Å². The minimum atomic E-state index is -3.64. The lowest BCUT2D eigenvalue weighted by molar-refractivity contribution is -0.153. The number of hydrogen-bond acceptors (Lipinski definition) is 6. The van der Waals surface area contributed by atoms with Gasteiger partial charge in [0.25, 0.3) is 5.91 Å². The summed E-state index contributed by atoms with van der Waals surface area (Å²) in [5.41, 5.74) is 1.92. The van der Waals surface area contributed by atoms with E-state index in [1.54, 1.807) is 36.4 Å². The molecule has 1 N–H and O–H groups in total. The Kier molecular flexibility index (Phi) is 6.21. The zero-order chi connectivity index (χ0) is 21.9. The molecular formula is C21H22N2O6S. The molecule has 8 nitrogen and oxygen atoms in total. The number of esters is 1. The number of amides is 2. The Bertz CT molecular complexity index is 1080. The lowest BCUT2D eigenvalue weighted by Gasteiger charge is -2.30. The predicted molar refractivity (Wildman–Crippen MR) is 111 cm³/mol. The Morgan fingerprint density at radius 3 is 2.50 bits per heavy atom. The second-order valence-corrected chi connectivity index (χ2v) is 9.11. The fourth-order valence-electron chi connectivity index (χ4n) is 3.04. The van der Waals surface area contributed by atoms with Crippen molar-refractivity contribution in [2.45, 2.75) is 31.3 Å². The third-order valence-electron chi connectivity index (χ3n) is 4.65. The summed E-state index contributed by atoms with van der Waals surface area (Å²) in [6, 6.07) is 13.1. The first kappa shape index (κ1) is 21.5. The Morgan fingerprint density at radius 1 is 1.13 bits per heavy atom. The van der Waals surface area contributed by atoms with Crippen LogP contribution in [0.5, 0.6) is 0 Å². The maximum Gasteiger partial charge on any atom is 0.307 e. The van der Waals surface area contributed by atoms with Crippen LogP contribution in [0.4, 0.5) is 11.4 Å². The molecule has 0 saturated carbocycles. The van der Waals surface area contributed by atoms with Crippen LogP contribution in [0.3, 0.4) is 0 Å². The van der Waals surface area contributed by atoms with E-state index in [1.807, 2.05) is 6.92 Å². The highest BCUT2D eigenvalue weighted by Gasteiger charge is 2.31. The zero-order valence-corrected chi connectivity index (χ0v) is 17.4. The maximum absolute atomic E-state index is 12.7. The van der Waals surface area contributed by atoms with Crippen LogP contribution in [0, 0.1) is 6.92 Å². The van der Waals surface area contributed by atoms with Crippen molar-refractivity contribution < 1.29 is 27.5 Å². The van der Waals surface area contributed by atoms with Gasteiger partial charge in [-0.2, -0.15) is 0 Å². The van der Waals surface area contributed by atoms with Crippen molar-refractivity contribution in [2.75, 3.05) is 22.5 Å². The van der Waals surface area contributed by atoms with Gasteiger partial charge in [0.15, 0.2) is 15.9 Å². The summed E-state index contributed by atoms with van der Waals surface area (Å²) in [5.74, 6) is -2.15. The van der Waals surface area contributed by atoms with E-state index in [1.165, 1.54) is 24.0 Å². The molecule has 9 heteroatoms. The Morgan fingerprint density at radius 2 is 1.80 bits per heavy atom. The summed E-state index contributed by atoms with van der Waals surface area (Å²) >= 11 is 0. The van der Waals surface area contributed by atoms with Gasteiger partial charge < -0.3 is 10.1 Å². The molecule has 1 aliphatic heterocycles. The molecule has 0 bridgehead atoms. The van der Waals surface area contributed by atoms with Crippen molar-refractivity contribution >= 4 is 39.0 Å². The van der Waals surface area contributed by atoms with Gasteiger partial charge >= 0.3 is 5.97 Å². The van der Waals surface area contributed by atoms with Crippen LogP contribution in [-0.4, -0.2) is 44.6 Å². The molecule has 1 heterocycles. The number of carbonyl (C=O) groups is 3. The number of aryl methyl sites for hydroxylation is 1. The van der Waals surface area contributed by atoms with Gasteiger partial charge in [-0.3, -0.25) is 19.3 Å². The second-order valence-electron chi connectivity index (χ2n) is 7.00. The molecule has 30 heavy (non-hydrogen) atoms. The monoisotopic (exact) mass is 430 g/mol. The number of anilines is 2. The van der Waals surface area contributed by atoms with Crippen LogP contribution >= 0.6 is 0 Å². The van der Waals surface area contributed by atoms with E-state index in [2.05, 4.69) is 5.32 Å². The summed E-state index contributed by atoms with van der Waals surface area (Å²) < 4.78 is 29.9. The Hall–Kier alpha value is -3.20. The van der Waals surface area contributed by atoms with E-state index in [0.717, 1.165) is 5.56 Å². The molecule has 1 aliphatic rings. The number of hydrogen-bond donors (Lipinski definition) is 1. The second kappa shape index (κ2) is 8.66. The van der Waals surface area contributed by atoms with Gasteiger partial charge in [0, 0.05) is 0 Å². The van der Waals surface area contributed by atoms with Crippen molar-refractivity contribution in [1.82, 2.24) is 0 Å². The van der Waals surface area contributed by atoms with Gasteiger partial charge in [-0.25, -0.2) is 8.42 Å². The van der Waals surface area contributed by atoms with Crippen molar-refractivity contribution in [3.8, 4) is 0 Å². The summed E-state index contributed by atoms with van der Waals surface area (Å²) in [7, 11) is -3.64. The molecule has 1 atom stereocenters. The number of rotatable bonds is 6. The van der Waals surface area contributed by atoms with Crippen molar-refractivity contribution in [3.05, 3.63) is 54.1 Å². The molecule has 0 aromatic heterocycles. The summed E-state index contributed by atoms with van der Waals surface area (Å²) in [6.07, 6.45) is -1.55. The number of benzene rings is 2. The van der Waals surface area contributed by atoms with Crippen LogP contribution in [0.2, 0.25) is 0 Å². The standard InChI is InChI=1S/C21H22N2O6S/c1-14-7-9-16(10-8-14)30(27,28)12-11-20(25)29-15(2)21(26)23-13-19(24)22-17-5-3-4-6-18(17)23/h3-10,15H,11-13H2,1-2H3,(H,22,24)/t15-/m1/s1. The Labute approximate surface area is 174 Å². The van der Waals surface area contributed by atoms with Gasteiger partial charge in [-0.15, -0.1) is 0 Å². The zero-order valence-electron chi connectivity index (χ0n) is 16.6. The Balaban J connectivity index is 1.61. The molecule has 0 unspecified atom stereocenters. The molecule has 0 saturated heterocycles. The first-order valence-corrected chi connectivity index (χ1v) is 11.0. The average molecular weight is 430 g/mol. The quantitative estimate of drug-likeness (QED) is 0.703. The molecule has 2 amide bonds. The molecule has 3 rings (SSSR count). The fraction of sp³-hybridized carbons (Fsp3) is 0.286. The van der Waals surface area contributed by atoms with Crippen molar-refractivity contribution in [2.24, 2.45) is 0 Å². The largest absolute Gasteiger partial charge is 0.452 e. The SMILES string of the molecule is Cc1ccc(S(=O)(=O)CCC(=O)O[C@H](C)C(=O)N2CC(=O)Nc3ccccc32)cc1. The summed E-state index contributed by atoms with van der Waals surface area (Å²) in [4.78, 5) is 38.1. The number of para-hydroxylation sites is 2. The maximum atomic E-state index is 12.7. The molecule has 0 radical (unpaired) electrons. The normalized spacial score (nSPS) is 14.5. The highest BCUT2D eigenvalue weighted by atomic mass is 32.2. The highest BCUT2D eigenvalue weighted by molar-refractivity contribution is 7.91. The molecule has 0 fully saturated rings. The lowest BCUT2D eigenvalue weighted by atomic mass is 10.1. The third-order valence-corrected chi connectivity index (χ3v) is 6.38. The number of nitrogens with zero attached hydrogens (tertiary/aromatic N) is 1. The number of carbonyl (C=O) groups excluding carboxylic acids is 3. The van der Waals surface area contributed by atoms with Gasteiger partial charge in [0.1, 0.15) is 6.54 Å². The van der Waals surface area contributed by atoms with Gasteiger partial charge in [0.05, 0.1) is 28.4 Å². The van der Waals surface area contributed by atoms with E-state index in [9.17, 15) is 22.8 Å². The van der Waals surface area contributed by atoms with E-state index < -0.39 is 33.6 Å². The lowest BCUT2D eigenvalue weighted by Crippen LogP contribution is -2.47. The van der Waals surface area contributed by atoms with Gasteiger partial charge in [0.2, 0.25) is 5.91 Å². The van der Waals surface area contributed by atoms with Gasteiger partial charge in [-0.1, -0.05) is 29.8 Å². The molecule has 0 aliphatic carbocycles. The highest BCUT2D eigenvalue weighted by Crippen LogP contribution is 2.29. The molecule has 2 aromatic carbocycles. The van der Waals surface area contributed by atoms with Crippen LogP contribution in [0.25, 0.3) is 0 Å². The minimum Gasteiger partial charge on any atom is -0.452 e. The van der Waals surface area contributed by atoms with E-state index >= 15 is 0 Å². The van der Waals surface area contributed by atoms with Crippen LogP contribution in [-0.2, 0) is 29.0 Å². The van der Waals surface area contributed by atoms with Crippen molar-refractivity contribution in [1.29, 1.82) is 0 Å². The van der Waals surface area contributed by atoms with Crippen LogP contribution in [0.1, 0.15) is 18.9 Å². The van der Waals surface area contributed by atoms with E-state index in [-0.39, 0.29) is 23.8 Å². The minimum absolute atomic E-state index is 0.126. The number of ether oxygens (including phenoxy) is 1. The van der Waals surface area contributed by atoms with Crippen molar-refractivity contribution in [3.63, 3.8) is 0 Å². The van der Waals surface area contributed by atoms with E-state index in [4.69, 9.17) is 4.74 Å². The predicted octanol–water partition coefficient (Wildman–Crippen LogP) is 2.08. The summed E-state index contributed by atoms with van der Waals surface area (Å²) in [6.45, 7) is 3.04. The molecule has 2 aromatic rings. The number of sulfone groups is 1. The molecule has 0 spiro atoms. The smallest absolute Gasteiger partial charge is 0.307 e. The topological polar surface area (TPSA) is 110 Å². The van der Waals surface area contributed by atoms with E-state index in [0.29, 0.717) is 11.4 Å².